The third kappa shape index (κ3) is 1.99. The molecule has 1 aliphatic heterocycles. The van der Waals surface area contributed by atoms with Crippen molar-refractivity contribution in [1.29, 1.82) is 0 Å². The first-order chi connectivity index (χ1) is 5.36. The Kier molecular flexibility index (Phi) is 2.50. The first kappa shape index (κ1) is 10.0. The highest BCUT2D eigenvalue weighted by molar-refractivity contribution is 4.81. The van der Waals surface area contributed by atoms with Crippen LogP contribution in [0.1, 0.15) is 34.6 Å². The molecule has 0 aromatic heterocycles. The van der Waals surface area contributed by atoms with Crippen molar-refractivity contribution in [1.82, 2.24) is 0 Å². The van der Waals surface area contributed by atoms with E-state index >= 15 is 0 Å². The van der Waals surface area contributed by atoms with Gasteiger partial charge in [0.2, 0.25) is 0 Å². The molecule has 0 aromatic carbocycles. The second kappa shape index (κ2) is 3.00. The van der Waals surface area contributed by atoms with Gasteiger partial charge in [-0.1, -0.05) is 20.8 Å². The quantitative estimate of drug-likeness (QED) is 0.605. The number of rotatable bonds is 1. The number of hydrogen-bond donors (Lipinski definition) is 0. The van der Waals surface area contributed by atoms with Gasteiger partial charge in [0.1, 0.15) is 0 Å². The molecule has 0 aliphatic carbocycles. The minimum absolute atomic E-state index is 0.190. The van der Waals surface area contributed by atoms with E-state index in [-0.39, 0.29) is 11.2 Å². The van der Waals surface area contributed by atoms with Gasteiger partial charge in [0.05, 0.1) is 13.2 Å². The van der Waals surface area contributed by atoms with E-state index in [9.17, 15) is 0 Å². The fourth-order valence-corrected chi connectivity index (χ4v) is 1.09. The van der Waals surface area contributed by atoms with Crippen LogP contribution in [0.2, 0.25) is 0 Å². The molecule has 72 valence electrons. The topological polar surface area (TPSA) is 18.5 Å². The fourth-order valence-electron chi connectivity index (χ4n) is 1.09. The van der Waals surface area contributed by atoms with E-state index in [0.717, 1.165) is 13.2 Å². The van der Waals surface area contributed by atoms with Crippen LogP contribution in [0.5, 0.6) is 0 Å². The van der Waals surface area contributed by atoms with Crippen LogP contribution in [-0.2, 0) is 9.47 Å². The summed E-state index contributed by atoms with van der Waals surface area (Å²) in [6, 6.07) is 0. The molecule has 1 fully saturated rings. The summed E-state index contributed by atoms with van der Waals surface area (Å²) in [7, 11) is 0. The zero-order valence-corrected chi connectivity index (χ0v) is 8.81. The summed E-state index contributed by atoms with van der Waals surface area (Å²) in [5.74, 6) is 0.225. The van der Waals surface area contributed by atoms with Gasteiger partial charge in [-0.05, 0) is 19.8 Å². The highest BCUT2D eigenvalue weighted by atomic mass is 16.7. The minimum atomic E-state index is -0.381. The normalized spacial score (nSPS) is 27.5. The summed E-state index contributed by atoms with van der Waals surface area (Å²) in [4.78, 5) is 0. The molecular formula is C10H20O2. The van der Waals surface area contributed by atoms with Crippen molar-refractivity contribution in [3.8, 4) is 0 Å². The van der Waals surface area contributed by atoms with E-state index in [2.05, 4.69) is 20.8 Å². The van der Waals surface area contributed by atoms with Crippen LogP contribution in [0.3, 0.4) is 0 Å². The molecule has 1 heterocycles. The molecule has 0 atom stereocenters. The van der Waals surface area contributed by atoms with Gasteiger partial charge in [-0.15, -0.1) is 0 Å². The molecule has 0 bridgehead atoms. The van der Waals surface area contributed by atoms with Crippen LogP contribution >= 0.6 is 0 Å². The van der Waals surface area contributed by atoms with Crippen LogP contribution in [0.4, 0.5) is 0 Å². The Hall–Kier alpha value is -0.0800. The smallest absolute Gasteiger partial charge is 0.162 e. The Bertz CT molecular complexity index is 151. The van der Waals surface area contributed by atoms with Crippen LogP contribution in [0, 0.1) is 11.3 Å². The second-order valence-electron chi connectivity index (χ2n) is 4.79. The third-order valence-corrected chi connectivity index (χ3v) is 2.89. The van der Waals surface area contributed by atoms with Gasteiger partial charge in [-0.25, -0.2) is 0 Å². The lowest BCUT2D eigenvalue weighted by Gasteiger charge is -2.43. The Morgan fingerprint density at radius 1 is 1.00 bits per heavy atom. The van der Waals surface area contributed by atoms with Crippen molar-refractivity contribution in [3.05, 3.63) is 0 Å². The number of ether oxygens (including phenoxy) is 2. The molecule has 0 amide bonds. The maximum atomic E-state index is 5.62. The highest BCUT2D eigenvalue weighted by Gasteiger charge is 2.38. The molecule has 12 heavy (non-hydrogen) atoms. The van der Waals surface area contributed by atoms with Gasteiger partial charge in [0, 0.05) is 5.41 Å². The molecule has 1 aliphatic rings. The fraction of sp³-hybridized carbons (Fsp3) is 1.00. The van der Waals surface area contributed by atoms with Gasteiger partial charge in [-0.2, -0.15) is 0 Å². The Labute approximate surface area is 75.2 Å². The average Bonchev–Trinajstić information content (AvgIpc) is 1.96. The zero-order valence-electron chi connectivity index (χ0n) is 8.81. The van der Waals surface area contributed by atoms with Crippen molar-refractivity contribution in [2.24, 2.45) is 11.3 Å². The van der Waals surface area contributed by atoms with Crippen LogP contribution < -0.4 is 0 Å². The molecule has 2 heteroatoms. The Balaban J connectivity index is 2.55. The summed E-state index contributed by atoms with van der Waals surface area (Å²) in [6.45, 7) is 12.2. The summed E-state index contributed by atoms with van der Waals surface area (Å²) in [6.07, 6.45) is 0. The van der Waals surface area contributed by atoms with E-state index in [1.54, 1.807) is 0 Å². The monoisotopic (exact) mass is 172 g/mol. The van der Waals surface area contributed by atoms with Crippen molar-refractivity contribution in [2.45, 2.75) is 40.4 Å². The predicted molar refractivity (Wildman–Crippen MR) is 48.9 cm³/mol. The third-order valence-electron chi connectivity index (χ3n) is 2.89. The van der Waals surface area contributed by atoms with Gasteiger partial charge in [-0.3, -0.25) is 0 Å². The molecular weight excluding hydrogens is 152 g/mol. The van der Waals surface area contributed by atoms with Gasteiger partial charge in [0.25, 0.3) is 0 Å². The molecule has 2 nitrogen and oxygen atoms in total. The van der Waals surface area contributed by atoms with Crippen molar-refractivity contribution in [2.75, 3.05) is 13.2 Å². The van der Waals surface area contributed by atoms with Gasteiger partial charge in [0.15, 0.2) is 5.79 Å². The van der Waals surface area contributed by atoms with Gasteiger partial charge < -0.3 is 9.47 Å². The highest BCUT2D eigenvalue weighted by Crippen LogP contribution is 2.34. The van der Waals surface area contributed by atoms with E-state index < -0.39 is 0 Å². The molecule has 0 N–H and O–H groups in total. The van der Waals surface area contributed by atoms with Crippen LogP contribution in [0.15, 0.2) is 0 Å². The summed E-state index contributed by atoms with van der Waals surface area (Å²) in [5, 5.41) is 0. The Morgan fingerprint density at radius 3 is 1.75 bits per heavy atom. The first-order valence-corrected chi connectivity index (χ1v) is 4.64. The maximum Gasteiger partial charge on any atom is 0.162 e. The zero-order chi connectivity index (χ0) is 9.41. The largest absolute Gasteiger partial charge is 0.350 e. The molecule has 1 rings (SSSR count). The summed E-state index contributed by atoms with van der Waals surface area (Å²) in [5.41, 5.74) is 0.190. The van der Waals surface area contributed by atoms with Crippen molar-refractivity contribution < 1.29 is 9.47 Å². The van der Waals surface area contributed by atoms with Crippen molar-refractivity contribution in [3.63, 3.8) is 0 Å². The first-order valence-electron chi connectivity index (χ1n) is 4.64. The van der Waals surface area contributed by atoms with E-state index in [1.165, 1.54) is 0 Å². The lowest BCUT2D eigenvalue weighted by atomic mass is 9.80. The van der Waals surface area contributed by atoms with E-state index in [1.807, 2.05) is 13.8 Å². The molecule has 0 spiro atoms. The van der Waals surface area contributed by atoms with Crippen molar-refractivity contribution >= 4 is 0 Å². The summed E-state index contributed by atoms with van der Waals surface area (Å²) < 4.78 is 11.2. The van der Waals surface area contributed by atoms with Crippen LogP contribution in [-0.4, -0.2) is 19.0 Å². The average molecular weight is 172 g/mol. The second-order valence-corrected chi connectivity index (χ2v) is 4.79. The molecule has 0 aromatic rings. The lowest BCUT2D eigenvalue weighted by molar-refractivity contribution is -0.289. The Morgan fingerprint density at radius 2 is 1.42 bits per heavy atom. The molecule has 0 saturated carbocycles. The van der Waals surface area contributed by atoms with Crippen LogP contribution in [0.25, 0.3) is 0 Å². The standard InChI is InChI=1S/C10H20O2/c1-8(2)10(5)6-11-9(3,4)12-7-10/h8H,6-7H2,1-5H3. The maximum absolute atomic E-state index is 5.62. The molecule has 0 radical (unpaired) electrons. The predicted octanol–water partition coefficient (Wildman–Crippen LogP) is 2.43. The van der Waals surface area contributed by atoms with E-state index in [0.29, 0.717) is 5.92 Å². The lowest BCUT2D eigenvalue weighted by Crippen LogP contribution is -2.47. The summed E-state index contributed by atoms with van der Waals surface area (Å²) >= 11 is 0. The van der Waals surface area contributed by atoms with E-state index in [4.69, 9.17) is 9.47 Å². The minimum Gasteiger partial charge on any atom is -0.350 e. The molecule has 1 saturated heterocycles. The SMILES string of the molecule is CC(C)C1(C)COC(C)(C)OC1. The number of hydrogen-bond acceptors (Lipinski definition) is 2. The molecule has 0 unspecified atom stereocenters. The van der Waals surface area contributed by atoms with Gasteiger partial charge >= 0.3 is 0 Å².